The second kappa shape index (κ2) is 22.8. The van der Waals surface area contributed by atoms with Gasteiger partial charge in [-0.15, -0.1) is 0 Å². The Morgan fingerprint density at radius 1 is 0.582 bits per heavy atom. The summed E-state index contributed by atoms with van der Waals surface area (Å²) in [5.41, 5.74) is 2.08. The maximum Gasteiger partial charge on any atom is 0.343 e. The minimum Gasteiger partial charge on any atom is -0.498 e. The number of rotatable bonds is 22. The lowest BCUT2D eigenvalue weighted by atomic mass is 10.0. The van der Waals surface area contributed by atoms with Crippen molar-refractivity contribution in [3.63, 3.8) is 0 Å². The molecule has 0 unspecified atom stereocenters. The zero-order valence-electron chi connectivity index (χ0n) is 31.0. The fourth-order valence-corrected chi connectivity index (χ4v) is 4.98. The molecule has 0 atom stereocenters. The van der Waals surface area contributed by atoms with Crippen LogP contribution in [-0.4, -0.2) is 62.9 Å². The molecule has 0 spiro atoms. The topological polar surface area (TPSA) is 150 Å². The molecule has 0 amide bonds. The zero-order chi connectivity index (χ0) is 39.3. The van der Waals surface area contributed by atoms with Crippen molar-refractivity contribution < 1.29 is 57.1 Å². The summed E-state index contributed by atoms with van der Waals surface area (Å²) in [6, 6.07) is 19.6. The van der Waals surface area contributed by atoms with Gasteiger partial charge in [0.15, 0.2) is 0 Å². The van der Waals surface area contributed by atoms with E-state index in [1.54, 1.807) is 67.6 Å². The molecule has 3 aromatic rings. The van der Waals surface area contributed by atoms with Crippen LogP contribution in [-0.2, 0) is 39.8 Å². The number of allylic oxidation sites excluding steroid dienone is 3. The van der Waals surface area contributed by atoms with Gasteiger partial charge in [-0.25, -0.2) is 19.2 Å². The van der Waals surface area contributed by atoms with Gasteiger partial charge >= 0.3 is 29.8 Å². The van der Waals surface area contributed by atoms with Crippen molar-refractivity contribution in [2.24, 2.45) is 0 Å². The molecule has 1 aliphatic rings. The Morgan fingerprint density at radius 3 is 1.76 bits per heavy atom. The molecule has 3 aromatic carbocycles. The number of carbonyl (C=O) groups excluding carboxylic acids is 5. The molecule has 0 fully saturated rings. The van der Waals surface area contributed by atoms with Gasteiger partial charge < -0.3 is 33.2 Å². The smallest absolute Gasteiger partial charge is 0.343 e. The van der Waals surface area contributed by atoms with E-state index in [2.05, 4.69) is 6.58 Å². The molecule has 12 nitrogen and oxygen atoms in total. The van der Waals surface area contributed by atoms with Crippen molar-refractivity contribution in [2.45, 2.75) is 58.3 Å². The van der Waals surface area contributed by atoms with Crippen molar-refractivity contribution >= 4 is 29.8 Å². The molecule has 0 heterocycles. The minimum atomic E-state index is -0.563. The largest absolute Gasteiger partial charge is 0.498 e. The number of benzene rings is 3. The highest BCUT2D eigenvalue weighted by Gasteiger charge is 2.17. The average molecular weight is 755 g/mol. The monoisotopic (exact) mass is 754 g/mol. The standard InChI is InChI=1S/C43H46O12/c1-3-39(44)51-28-7-5-26-49-35-19-11-33(12-20-35)42(47)54-37-17-9-31(10-18-37)25-30-53-41(46)32-15-23-38(24-16-32)55-43(48)34-13-21-36(22-14-34)50-27-6-8-29-52-40(45)4-2/h4,9-11,13-19,21-24H,2-3,5-8,12,20,25-30H2,1H3. The Bertz CT molecular complexity index is 1810. The molecule has 0 radical (unpaired) electrons. The van der Waals surface area contributed by atoms with E-state index in [0.717, 1.165) is 30.2 Å². The summed E-state index contributed by atoms with van der Waals surface area (Å²) in [5.74, 6) is -0.103. The average Bonchev–Trinajstić information content (AvgIpc) is 3.21. The van der Waals surface area contributed by atoms with E-state index >= 15 is 0 Å². The summed E-state index contributed by atoms with van der Waals surface area (Å²) in [7, 11) is 0. The fraction of sp³-hybridized carbons (Fsp3) is 0.326. The molecular formula is C43H46O12. The van der Waals surface area contributed by atoms with Gasteiger partial charge in [0, 0.05) is 30.9 Å². The lowest BCUT2D eigenvalue weighted by Gasteiger charge is -2.15. The van der Waals surface area contributed by atoms with Gasteiger partial charge in [-0.05, 0) is 110 Å². The van der Waals surface area contributed by atoms with Crippen LogP contribution in [0.1, 0.15) is 78.1 Å². The summed E-state index contributed by atoms with van der Waals surface area (Å²) in [4.78, 5) is 60.1. The van der Waals surface area contributed by atoms with Gasteiger partial charge in [-0.1, -0.05) is 25.6 Å². The summed E-state index contributed by atoms with van der Waals surface area (Å²) < 4.78 is 37.8. The van der Waals surface area contributed by atoms with Gasteiger partial charge in [0.25, 0.3) is 0 Å². The molecule has 0 aromatic heterocycles. The Kier molecular flexibility index (Phi) is 17.2. The highest BCUT2D eigenvalue weighted by atomic mass is 16.5. The predicted molar refractivity (Wildman–Crippen MR) is 202 cm³/mol. The first kappa shape index (κ1) is 41.6. The molecule has 55 heavy (non-hydrogen) atoms. The van der Waals surface area contributed by atoms with Gasteiger partial charge in [0.05, 0.1) is 49.9 Å². The maximum absolute atomic E-state index is 12.7. The van der Waals surface area contributed by atoms with Gasteiger partial charge in [0.2, 0.25) is 0 Å². The van der Waals surface area contributed by atoms with Crippen LogP contribution >= 0.6 is 0 Å². The van der Waals surface area contributed by atoms with Crippen molar-refractivity contribution in [3.05, 3.63) is 126 Å². The van der Waals surface area contributed by atoms with Crippen molar-refractivity contribution in [1.82, 2.24) is 0 Å². The quantitative estimate of drug-likeness (QED) is 0.0330. The van der Waals surface area contributed by atoms with Crippen LogP contribution < -0.4 is 14.2 Å². The Balaban J connectivity index is 1.11. The first-order valence-electron chi connectivity index (χ1n) is 18.2. The molecule has 12 heteroatoms. The van der Waals surface area contributed by atoms with Crippen molar-refractivity contribution in [1.29, 1.82) is 0 Å². The normalized spacial score (nSPS) is 11.9. The summed E-state index contributed by atoms with van der Waals surface area (Å²) in [6.45, 7) is 6.86. The molecule has 4 rings (SSSR count). The maximum atomic E-state index is 12.7. The second-order valence-electron chi connectivity index (χ2n) is 12.2. The minimum absolute atomic E-state index is 0.134. The van der Waals surface area contributed by atoms with E-state index in [4.69, 9.17) is 33.2 Å². The van der Waals surface area contributed by atoms with Gasteiger partial charge in [0.1, 0.15) is 17.2 Å². The third-order valence-corrected chi connectivity index (χ3v) is 8.12. The summed E-state index contributed by atoms with van der Waals surface area (Å²) in [6.07, 6.45) is 9.37. The molecule has 0 saturated heterocycles. The van der Waals surface area contributed by atoms with Crippen LogP contribution in [0.15, 0.2) is 109 Å². The van der Waals surface area contributed by atoms with E-state index in [9.17, 15) is 24.0 Å². The van der Waals surface area contributed by atoms with Crippen molar-refractivity contribution in [3.8, 4) is 17.2 Å². The Hall–Kier alpha value is -6.17. The van der Waals surface area contributed by atoms with Crippen LogP contribution in [0.4, 0.5) is 0 Å². The van der Waals surface area contributed by atoms with Crippen LogP contribution in [0, 0.1) is 0 Å². The number of hydrogen-bond donors (Lipinski definition) is 0. The van der Waals surface area contributed by atoms with E-state index < -0.39 is 23.9 Å². The SMILES string of the molecule is C=CC(=O)OCCCCOc1ccc(C(=O)Oc2ccc(C(=O)OCCc3ccc(OC(=O)C4=CC=C(OCCCCOC(=O)CC)CC4)cc3)cc2)cc1. The molecule has 0 saturated carbocycles. The van der Waals surface area contributed by atoms with E-state index in [1.807, 2.05) is 0 Å². The number of carbonyl (C=O) groups is 5. The third kappa shape index (κ3) is 15.0. The molecule has 0 aliphatic heterocycles. The highest BCUT2D eigenvalue weighted by molar-refractivity contribution is 5.92. The van der Waals surface area contributed by atoms with E-state index in [1.165, 1.54) is 24.3 Å². The van der Waals surface area contributed by atoms with Crippen molar-refractivity contribution in [2.75, 3.05) is 33.0 Å². The van der Waals surface area contributed by atoms with Gasteiger partial charge in [-0.3, -0.25) is 4.79 Å². The summed E-state index contributed by atoms with van der Waals surface area (Å²) >= 11 is 0. The Labute approximate surface area is 320 Å². The molecule has 290 valence electrons. The molecule has 0 N–H and O–H groups in total. The van der Waals surface area contributed by atoms with E-state index in [-0.39, 0.29) is 18.3 Å². The lowest BCUT2D eigenvalue weighted by Crippen LogP contribution is -2.13. The first-order chi connectivity index (χ1) is 26.7. The highest BCUT2D eigenvalue weighted by Crippen LogP contribution is 2.23. The number of esters is 5. The van der Waals surface area contributed by atoms with Crippen LogP contribution in [0.5, 0.6) is 17.2 Å². The lowest BCUT2D eigenvalue weighted by molar-refractivity contribution is -0.143. The predicted octanol–water partition coefficient (Wildman–Crippen LogP) is 7.45. The molecular weight excluding hydrogens is 708 g/mol. The number of unbranched alkanes of at least 4 members (excludes halogenated alkanes) is 2. The molecule has 1 aliphatic carbocycles. The number of ether oxygens (including phenoxy) is 7. The van der Waals surface area contributed by atoms with Crippen LogP contribution in [0.3, 0.4) is 0 Å². The second-order valence-corrected chi connectivity index (χ2v) is 12.2. The molecule has 0 bridgehead atoms. The zero-order valence-corrected chi connectivity index (χ0v) is 31.0. The Morgan fingerprint density at radius 2 is 1.15 bits per heavy atom. The van der Waals surface area contributed by atoms with Crippen LogP contribution in [0.25, 0.3) is 0 Å². The summed E-state index contributed by atoms with van der Waals surface area (Å²) in [5, 5.41) is 0. The first-order valence-corrected chi connectivity index (χ1v) is 18.2. The number of hydrogen-bond acceptors (Lipinski definition) is 12. The fourth-order valence-electron chi connectivity index (χ4n) is 4.98. The third-order valence-electron chi connectivity index (χ3n) is 8.12. The van der Waals surface area contributed by atoms with E-state index in [0.29, 0.717) is 93.2 Å². The van der Waals surface area contributed by atoms with Gasteiger partial charge in [-0.2, -0.15) is 0 Å². The van der Waals surface area contributed by atoms with Crippen LogP contribution in [0.2, 0.25) is 0 Å².